The number of fused-ring (bicyclic) bond motifs is 1. The molecular weight excluding hydrogens is 421 g/mol. The Balaban J connectivity index is 1.64. The van der Waals surface area contributed by atoms with E-state index in [1.807, 2.05) is 13.0 Å². The van der Waals surface area contributed by atoms with Crippen LogP contribution in [-0.4, -0.2) is 51.3 Å². The maximum atomic E-state index is 13.7. The maximum absolute atomic E-state index is 13.7. The first kappa shape index (κ1) is 21.5. The molecule has 0 radical (unpaired) electrons. The molecule has 1 fully saturated rings. The van der Waals surface area contributed by atoms with Gasteiger partial charge < -0.3 is 15.6 Å². The minimum absolute atomic E-state index is 0.00401. The van der Waals surface area contributed by atoms with E-state index in [9.17, 15) is 18.0 Å². The quantitative estimate of drug-likeness (QED) is 0.610. The van der Waals surface area contributed by atoms with Gasteiger partial charge in [-0.1, -0.05) is 0 Å². The molecule has 3 heterocycles. The van der Waals surface area contributed by atoms with Gasteiger partial charge in [-0.2, -0.15) is 5.10 Å². The molecule has 1 saturated heterocycles. The van der Waals surface area contributed by atoms with Gasteiger partial charge in [0.25, 0.3) is 5.91 Å². The lowest BCUT2D eigenvalue weighted by Gasteiger charge is -2.30. The molecular formula is C22H21F3N6O. The van der Waals surface area contributed by atoms with Gasteiger partial charge >= 0.3 is 0 Å². The number of carbonyl (C=O) groups is 1. The summed E-state index contributed by atoms with van der Waals surface area (Å²) in [6.07, 6.45) is 1.92. The van der Waals surface area contributed by atoms with Crippen molar-refractivity contribution in [1.82, 2.24) is 24.8 Å². The van der Waals surface area contributed by atoms with Crippen molar-refractivity contribution in [1.29, 1.82) is 5.41 Å². The molecule has 32 heavy (non-hydrogen) atoms. The molecule has 1 amide bonds. The standard InChI is InChI=1S/C22H21F3N6O/c1-11-6-18-29-12(2)21(31(18)28-9-11)22(32)30-5-4-14(17(26)10-30)20(27-3)13-7-15(23)19(25)16(24)8-13/h6-9,26-27H,4-5,10H2,1-3H3/b20-14-,26-17?. The number of imidazole rings is 1. The third-order valence-electron chi connectivity index (χ3n) is 5.45. The van der Waals surface area contributed by atoms with Gasteiger partial charge in [-0.25, -0.2) is 22.7 Å². The van der Waals surface area contributed by atoms with E-state index in [2.05, 4.69) is 15.4 Å². The number of amides is 1. The van der Waals surface area contributed by atoms with Gasteiger partial charge in [-0.15, -0.1) is 0 Å². The minimum atomic E-state index is -1.54. The molecule has 2 aromatic heterocycles. The molecule has 0 unspecified atom stereocenters. The largest absolute Gasteiger partial charge is 0.387 e. The van der Waals surface area contributed by atoms with E-state index in [0.29, 0.717) is 28.3 Å². The highest BCUT2D eigenvalue weighted by Crippen LogP contribution is 2.26. The minimum Gasteiger partial charge on any atom is -0.387 e. The number of nitrogens with zero attached hydrogens (tertiary/aromatic N) is 4. The number of piperidine rings is 1. The molecule has 4 rings (SSSR count). The number of hydrogen-bond donors (Lipinski definition) is 2. The zero-order valence-corrected chi connectivity index (χ0v) is 17.8. The lowest BCUT2D eigenvalue weighted by atomic mass is 9.95. The average molecular weight is 442 g/mol. The zero-order chi connectivity index (χ0) is 23.2. The van der Waals surface area contributed by atoms with Crippen molar-refractivity contribution in [2.24, 2.45) is 0 Å². The molecule has 2 N–H and O–H groups in total. The van der Waals surface area contributed by atoms with Crippen molar-refractivity contribution in [2.75, 3.05) is 20.1 Å². The number of likely N-dealkylation sites (tertiary alicyclic amines) is 1. The molecule has 0 aliphatic carbocycles. The molecule has 166 valence electrons. The zero-order valence-electron chi connectivity index (χ0n) is 17.8. The van der Waals surface area contributed by atoms with Crippen molar-refractivity contribution < 1.29 is 18.0 Å². The summed E-state index contributed by atoms with van der Waals surface area (Å²) >= 11 is 0. The van der Waals surface area contributed by atoms with Crippen LogP contribution in [-0.2, 0) is 0 Å². The van der Waals surface area contributed by atoms with Crippen LogP contribution in [0.1, 0.15) is 33.7 Å². The van der Waals surface area contributed by atoms with Crippen molar-refractivity contribution in [3.05, 3.63) is 69.9 Å². The number of rotatable bonds is 3. The molecule has 1 aromatic carbocycles. The third kappa shape index (κ3) is 3.61. The van der Waals surface area contributed by atoms with Crippen LogP contribution in [0.4, 0.5) is 13.2 Å². The number of halogens is 3. The second-order valence-corrected chi connectivity index (χ2v) is 7.66. The molecule has 10 heteroatoms. The first-order chi connectivity index (χ1) is 15.2. The molecule has 1 aliphatic heterocycles. The Bertz CT molecular complexity index is 1270. The van der Waals surface area contributed by atoms with Crippen LogP contribution in [0.25, 0.3) is 11.3 Å². The Morgan fingerprint density at radius 3 is 2.47 bits per heavy atom. The predicted octanol–water partition coefficient (Wildman–Crippen LogP) is 3.26. The summed E-state index contributed by atoms with van der Waals surface area (Å²) in [7, 11) is 1.56. The van der Waals surface area contributed by atoms with Crippen LogP contribution in [0.5, 0.6) is 0 Å². The highest BCUT2D eigenvalue weighted by atomic mass is 19.2. The number of hydrogen-bond acceptors (Lipinski definition) is 5. The number of carbonyl (C=O) groups excluding carboxylic acids is 1. The fraction of sp³-hybridized carbons (Fsp3) is 0.273. The Morgan fingerprint density at radius 1 is 1.16 bits per heavy atom. The second-order valence-electron chi connectivity index (χ2n) is 7.66. The summed E-state index contributed by atoms with van der Waals surface area (Å²) in [6, 6.07) is 3.60. The van der Waals surface area contributed by atoms with Crippen LogP contribution in [0.3, 0.4) is 0 Å². The topological polar surface area (TPSA) is 86.4 Å². The van der Waals surface area contributed by atoms with Crippen molar-refractivity contribution in [2.45, 2.75) is 20.3 Å². The summed E-state index contributed by atoms with van der Waals surface area (Å²) < 4.78 is 42.3. The van der Waals surface area contributed by atoms with Gasteiger partial charge in [0.2, 0.25) is 0 Å². The summed E-state index contributed by atoms with van der Waals surface area (Å²) in [5.74, 6) is -4.46. The second kappa shape index (κ2) is 8.10. The SMILES string of the molecule is CN/C(=C1/CCN(C(=O)c2c(C)nc3cc(C)cnn23)CC1=N)c1cc(F)c(F)c(F)c1. The number of aromatic nitrogens is 3. The van der Waals surface area contributed by atoms with Crippen LogP contribution < -0.4 is 5.32 Å². The molecule has 3 aromatic rings. The maximum Gasteiger partial charge on any atom is 0.274 e. The first-order valence-corrected chi connectivity index (χ1v) is 9.96. The van der Waals surface area contributed by atoms with E-state index in [1.165, 1.54) is 9.42 Å². The summed E-state index contributed by atoms with van der Waals surface area (Å²) in [6.45, 7) is 3.90. The Kier molecular flexibility index (Phi) is 5.45. The predicted molar refractivity (Wildman–Crippen MR) is 113 cm³/mol. The Morgan fingerprint density at radius 2 is 1.84 bits per heavy atom. The normalized spacial score (nSPS) is 15.9. The molecule has 0 spiro atoms. The van der Waals surface area contributed by atoms with Crippen molar-refractivity contribution in [3.63, 3.8) is 0 Å². The van der Waals surface area contributed by atoms with E-state index < -0.39 is 17.5 Å². The van der Waals surface area contributed by atoms with Crippen LogP contribution in [0.15, 0.2) is 30.0 Å². The van der Waals surface area contributed by atoms with E-state index in [4.69, 9.17) is 5.41 Å². The fourth-order valence-corrected chi connectivity index (χ4v) is 3.92. The van der Waals surface area contributed by atoms with Crippen LogP contribution in [0, 0.1) is 36.7 Å². The summed E-state index contributed by atoms with van der Waals surface area (Å²) in [5, 5.41) is 15.6. The Labute approximate surface area is 182 Å². The van der Waals surface area contributed by atoms with Gasteiger partial charge in [0.1, 0.15) is 0 Å². The molecule has 0 saturated carbocycles. The third-order valence-corrected chi connectivity index (χ3v) is 5.45. The highest BCUT2D eigenvalue weighted by Gasteiger charge is 2.29. The number of nitrogens with one attached hydrogen (secondary N) is 2. The molecule has 0 atom stereocenters. The average Bonchev–Trinajstić information content (AvgIpc) is 3.07. The number of benzene rings is 1. The Hall–Kier alpha value is -3.69. The van der Waals surface area contributed by atoms with E-state index in [1.54, 1.807) is 20.2 Å². The summed E-state index contributed by atoms with van der Waals surface area (Å²) in [4.78, 5) is 19.1. The fourth-order valence-electron chi connectivity index (χ4n) is 3.92. The van der Waals surface area contributed by atoms with Crippen molar-refractivity contribution in [3.8, 4) is 0 Å². The van der Waals surface area contributed by atoms with Gasteiger partial charge in [-0.05, 0) is 44.0 Å². The van der Waals surface area contributed by atoms with E-state index >= 15 is 0 Å². The van der Waals surface area contributed by atoms with Gasteiger partial charge in [0.05, 0.1) is 24.1 Å². The van der Waals surface area contributed by atoms with E-state index in [0.717, 1.165) is 17.7 Å². The smallest absolute Gasteiger partial charge is 0.274 e. The highest BCUT2D eigenvalue weighted by molar-refractivity contribution is 6.08. The first-order valence-electron chi connectivity index (χ1n) is 9.96. The van der Waals surface area contributed by atoms with Crippen molar-refractivity contribution >= 4 is 23.0 Å². The van der Waals surface area contributed by atoms with Crippen LogP contribution in [0.2, 0.25) is 0 Å². The monoisotopic (exact) mass is 442 g/mol. The molecule has 1 aliphatic rings. The van der Waals surface area contributed by atoms with Gasteiger partial charge in [0, 0.05) is 30.4 Å². The number of aryl methyl sites for hydroxylation is 2. The van der Waals surface area contributed by atoms with Crippen LogP contribution >= 0.6 is 0 Å². The van der Waals surface area contributed by atoms with Gasteiger partial charge in [0.15, 0.2) is 28.8 Å². The van der Waals surface area contributed by atoms with Gasteiger partial charge in [-0.3, -0.25) is 4.79 Å². The summed E-state index contributed by atoms with van der Waals surface area (Å²) in [5.41, 5.74) is 3.40. The molecule has 0 bridgehead atoms. The lowest BCUT2D eigenvalue weighted by Crippen LogP contribution is -2.42. The van der Waals surface area contributed by atoms with E-state index in [-0.39, 0.29) is 36.7 Å². The molecule has 7 nitrogen and oxygen atoms in total. The lowest BCUT2D eigenvalue weighted by molar-refractivity contribution is 0.0766.